The van der Waals surface area contributed by atoms with Gasteiger partial charge in [0.2, 0.25) is 5.91 Å². The van der Waals surface area contributed by atoms with E-state index in [4.69, 9.17) is 9.47 Å². The lowest BCUT2D eigenvalue weighted by molar-refractivity contribution is -0.117. The molecular formula is C22H21N5O4. The molecule has 0 radical (unpaired) electrons. The third-order valence-corrected chi connectivity index (χ3v) is 4.81. The lowest BCUT2D eigenvalue weighted by Crippen LogP contribution is -2.30. The first-order chi connectivity index (χ1) is 15.0. The fourth-order valence-corrected chi connectivity index (χ4v) is 3.15. The van der Waals surface area contributed by atoms with Gasteiger partial charge in [-0.2, -0.15) is 10.2 Å². The van der Waals surface area contributed by atoms with Crippen LogP contribution in [0.1, 0.15) is 5.56 Å². The number of benzene rings is 2. The van der Waals surface area contributed by atoms with Crippen LogP contribution < -0.4 is 20.3 Å². The summed E-state index contributed by atoms with van der Waals surface area (Å²) in [5, 5.41) is 11.2. The Kier molecular flexibility index (Phi) is 5.40. The molecule has 0 saturated carbocycles. The van der Waals surface area contributed by atoms with Gasteiger partial charge < -0.3 is 14.8 Å². The number of aryl methyl sites for hydroxylation is 1. The average molecular weight is 419 g/mol. The number of hydrogen-bond donors (Lipinski definition) is 1. The van der Waals surface area contributed by atoms with Gasteiger partial charge in [0.15, 0.2) is 0 Å². The van der Waals surface area contributed by atoms with Gasteiger partial charge in [0.1, 0.15) is 29.9 Å². The Morgan fingerprint density at radius 1 is 1.06 bits per heavy atom. The van der Waals surface area contributed by atoms with E-state index in [9.17, 15) is 9.59 Å². The van der Waals surface area contributed by atoms with Gasteiger partial charge in [-0.05, 0) is 25.1 Å². The van der Waals surface area contributed by atoms with Crippen LogP contribution in [0.4, 0.5) is 5.69 Å². The monoisotopic (exact) mass is 419 g/mol. The third-order valence-electron chi connectivity index (χ3n) is 4.81. The second-order valence-corrected chi connectivity index (χ2v) is 6.93. The molecule has 4 aromatic rings. The lowest BCUT2D eigenvalue weighted by Gasteiger charge is -2.12. The van der Waals surface area contributed by atoms with E-state index in [0.29, 0.717) is 28.4 Å². The molecule has 0 aliphatic rings. The molecule has 158 valence electrons. The molecule has 0 unspecified atom stereocenters. The molecule has 9 heteroatoms. The van der Waals surface area contributed by atoms with Crippen molar-refractivity contribution in [1.29, 1.82) is 0 Å². The topological polar surface area (TPSA) is 99.8 Å². The van der Waals surface area contributed by atoms with E-state index in [2.05, 4.69) is 15.5 Å². The number of fused-ring (bicyclic) bond motifs is 1. The van der Waals surface area contributed by atoms with E-state index < -0.39 is 11.5 Å². The van der Waals surface area contributed by atoms with Gasteiger partial charge in [-0.3, -0.25) is 9.59 Å². The van der Waals surface area contributed by atoms with E-state index in [1.54, 1.807) is 24.3 Å². The zero-order valence-corrected chi connectivity index (χ0v) is 17.3. The molecule has 0 aliphatic carbocycles. The van der Waals surface area contributed by atoms with Crippen LogP contribution in [0.25, 0.3) is 16.8 Å². The fraction of sp³-hybridized carbons (Fsp3) is 0.182. The van der Waals surface area contributed by atoms with Crippen molar-refractivity contribution in [3.05, 3.63) is 70.8 Å². The van der Waals surface area contributed by atoms with Crippen LogP contribution in [0.3, 0.4) is 0 Å². The number of rotatable bonds is 6. The molecule has 0 fully saturated rings. The highest BCUT2D eigenvalue weighted by Gasteiger charge is 2.14. The lowest BCUT2D eigenvalue weighted by atomic mass is 10.1. The highest BCUT2D eigenvalue weighted by atomic mass is 16.5. The van der Waals surface area contributed by atoms with Crippen molar-refractivity contribution in [2.45, 2.75) is 13.5 Å². The quantitative estimate of drug-likeness (QED) is 0.516. The molecule has 1 N–H and O–H groups in total. The number of anilines is 1. The summed E-state index contributed by atoms with van der Waals surface area (Å²) < 4.78 is 13.0. The van der Waals surface area contributed by atoms with Crippen LogP contribution in [0.5, 0.6) is 11.5 Å². The zero-order valence-electron chi connectivity index (χ0n) is 17.3. The van der Waals surface area contributed by atoms with Crippen LogP contribution in [0, 0.1) is 6.92 Å². The maximum atomic E-state index is 12.9. The summed E-state index contributed by atoms with van der Waals surface area (Å²) in [6.07, 6.45) is 1.41. The Morgan fingerprint density at radius 3 is 2.55 bits per heavy atom. The Hall–Kier alpha value is -4.14. The van der Waals surface area contributed by atoms with Crippen molar-refractivity contribution in [3.8, 4) is 22.8 Å². The summed E-state index contributed by atoms with van der Waals surface area (Å²) in [5.41, 5.74) is 3.03. The summed E-state index contributed by atoms with van der Waals surface area (Å²) in [6, 6.07) is 14.6. The number of ether oxygens (including phenoxy) is 2. The van der Waals surface area contributed by atoms with Crippen LogP contribution in [0.2, 0.25) is 0 Å². The Bertz CT molecular complexity index is 1310. The largest absolute Gasteiger partial charge is 0.497 e. The molecule has 0 saturated heterocycles. The van der Waals surface area contributed by atoms with Crippen LogP contribution in [-0.4, -0.2) is 39.5 Å². The molecular weight excluding hydrogens is 398 g/mol. The van der Waals surface area contributed by atoms with Gasteiger partial charge in [-0.1, -0.05) is 29.8 Å². The Labute approximate surface area is 177 Å². The van der Waals surface area contributed by atoms with E-state index in [-0.39, 0.29) is 6.54 Å². The van der Waals surface area contributed by atoms with Crippen LogP contribution >= 0.6 is 0 Å². The number of carbonyl (C=O) groups is 1. The summed E-state index contributed by atoms with van der Waals surface area (Å²) in [7, 11) is 3.03. The molecule has 2 heterocycles. The first-order valence-corrected chi connectivity index (χ1v) is 9.53. The zero-order chi connectivity index (χ0) is 22.0. The number of hydrogen-bond acceptors (Lipinski definition) is 6. The molecule has 0 aliphatic heterocycles. The van der Waals surface area contributed by atoms with Crippen LogP contribution in [-0.2, 0) is 11.3 Å². The molecule has 2 aromatic heterocycles. The standard InChI is InChI=1S/C22H21N5O4/c1-14-4-6-15(7-5-14)17-11-19-22(29)26(23-13-27(19)25-17)12-21(28)24-18-10-16(30-2)8-9-20(18)31-3/h4-11,13H,12H2,1-3H3,(H,24,28). The van der Waals surface area contributed by atoms with Crippen molar-refractivity contribution in [2.75, 3.05) is 19.5 Å². The number of nitrogens with one attached hydrogen (secondary N) is 1. The fourth-order valence-electron chi connectivity index (χ4n) is 3.15. The summed E-state index contributed by atoms with van der Waals surface area (Å²) in [6.45, 7) is 1.74. The maximum Gasteiger partial charge on any atom is 0.293 e. The number of amides is 1. The maximum absolute atomic E-state index is 12.9. The molecule has 31 heavy (non-hydrogen) atoms. The van der Waals surface area contributed by atoms with Gasteiger partial charge in [0, 0.05) is 11.6 Å². The molecule has 1 amide bonds. The first kappa shape index (κ1) is 20.1. The predicted octanol–water partition coefficient (Wildman–Crippen LogP) is 2.52. The first-order valence-electron chi connectivity index (χ1n) is 9.53. The molecule has 4 rings (SSSR count). The summed E-state index contributed by atoms with van der Waals surface area (Å²) >= 11 is 0. The normalized spacial score (nSPS) is 10.8. The minimum Gasteiger partial charge on any atom is -0.497 e. The molecule has 0 spiro atoms. The van der Waals surface area contributed by atoms with Gasteiger partial charge in [0.25, 0.3) is 5.56 Å². The van der Waals surface area contributed by atoms with Crippen molar-refractivity contribution >= 4 is 17.1 Å². The summed E-state index contributed by atoms with van der Waals surface area (Å²) in [4.78, 5) is 25.4. The number of aromatic nitrogens is 4. The Morgan fingerprint density at radius 2 is 1.84 bits per heavy atom. The van der Waals surface area contributed by atoms with Gasteiger partial charge in [-0.15, -0.1) is 0 Å². The molecule has 0 atom stereocenters. The SMILES string of the molecule is COc1ccc(OC)c(NC(=O)Cn2ncn3nc(-c4ccc(C)cc4)cc3c2=O)c1. The number of carbonyl (C=O) groups excluding carboxylic acids is 1. The smallest absolute Gasteiger partial charge is 0.293 e. The van der Waals surface area contributed by atoms with Crippen LogP contribution in [0.15, 0.2) is 59.7 Å². The van der Waals surface area contributed by atoms with Crippen molar-refractivity contribution in [3.63, 3.8) is 0 Å². The predicted molar refractivity (Wildman–Crippen MR) is 116 cm³/mol. The minimum absolute atomic E-state index is 0.263. The van der Waals surface area contributed by atoms with Crippen molar-refractivity contribution in [1.82, 2.24) is 19.4 Å². The second-order valence-electron chi connectivity index (χ2n) is 6.93. The third kappa shape index (κ3) is 4.11. The van der Waals surface area contributed by atoms with Gasteiger partial charge >= 0.3 is 0 Å². The van der Waals surface area contributed by atoms with Gasteiger partial charge in [0.05, 0.1) is 25.6 Å². The Balaban J connectivity index is 1.59. The second kappa shape index (κ2) is 8.31. The van der Waals surface area contributed by atoms with E-state index >= 15 is 0 Å². The summed E-state index contributed by atoms with van der Waals surface area (Å²) in [5.74, 6) is 0.614. The highest BCUT2D eigenvalue weighted by molar-refractivity contribution is 5.92. The van der Waals surface area contributed by atoms with Crippen molar-refractivity contribution < 1.29 is 14.3 Å². The van der Waals surface area contributed by atoms with E-state index in [1.165, 1.54) is 25.1 Å². The molecule has 0 bridgehead atoms. The molecule has 2 aromatic carbocycles. The van der Waals surface area contributed by atoms with E-state index in [0.717, 1.165) is 15.8 Å². The number of nitrogens with zero attached hydrogens (tertiary/aromatic N) is 4. The highest BCUT2D eigenvalue weighted by Crippen LogP contribution is 2.28. The molecule has 9 nitrogen and oxygen atoms in total. The average Bonchev–Trinajstić information content (AvgIpc) is 3.21. The van der Waals surface area contributed by atoms with Crippen molar-refractivity contribution in [2.24, 2.45) is 0 Å². The van der Waals surface area contributed by atoms with Gasteiger partial charge in [-0.25, -0.2) is 9.20 Å². The van der Waals surface area contributed by atoms with E-state index in [1.807, 2.05) is 31.2 Å². The number of methoxy groups -OCH3 is 2. The minimum atomic E-state index is -0.427.